The molecule has 0 spiro atoms. The van der Waals surface area contributed by atoms with E-state index in [-0.39, 0.29) is 23.0 Å². The molecule has 1 saturated heterocycles. The molecule has 2 heterocycles. The summed E-state index contributed by atoms with van der Waals surface area (Å²) >= 11 is 0. The van der Waals surface area contributed by atoms with Crippen molar-refractivity contribution in [2.24, 2.45) is 0 Å². The summed E-state index contributed by atoms with van der Waals surface area (Å²) in [6.45, 7) is 0.489. The normalized spacial score (nSPS) is 16.0. The van der Waals surface area contributed by atoms with Crippen molar-refractivity contribution in [3.8, 4) is 28.5 Å². The van der Waals surface area contributed by atoms with Crippen molar-refractivity contribution in [3.63, 3.8) is 0 Å². The number of sulfone groups is 1. The van der Waals surface area contributed by atoms with E-state index in [1.165, 1.54) is 26.2 Å². The molecule has 33 heavy (non-hydrogen) atoms. The van der Waals surface area contributed by atoms with E-state index < -0.39 is 15.1 Å². The lowest BCUT2D eigenvalue weighted by atomic mass is 10.1. The Kier molecular flexibility index (Phi) is 6.28. The molecule has 174 valence electrons. The van der Waals surface area contributed by atoms with Crippen molar-refractivity contribution < 1.29 is 27.4 Å². The maximum atomic E-state index is 13.0. The van der Waals surface area contributed by atoms with E-state index in [2.05, 4.69) is 10.2 Å². The van der Waals surface area contributed by atoms with Gasteiger partial charge >= 0.3 is 0 Å². The summed E-state index contributed by atoms with van der Waals surface area (Å²) in [5.41, 5.74) is 1.47. The molecule has 2 aromatic carbocycles. The number of nitrogens with one attached hydrogen (secondary N) is 1. The van der Waals surface area contributed by atoms with Crippen LogP contribution >= 0.6 is 0 Å². The molecule has 1 aromatic heterocycles. The lowest BCUT2D eigenvalue weighted by Gasteiger charge is -2.16. The fourth-order valence-electron chi connectivity index (χ4n) is 3.95. The number of aromatic nitrogens is 2. The van der Waals surface area contributed by atoms with Crippen LogP contribution in [0, 0.1) is 0 Å². The number of ether oxygens (including phenoxy) is 3. The molecule has 1 unspecified atom stereocenters. The minimum absolute atomic E-state index is 0.134. The van der Waals surface area contributed by atoms with Gasteiger partial charge in [0.15, 0.2) is 21.3 Å². The van der Waals surface area contributed by atoms with E-state index in [1.54, 1.807) is 48.5 Å². The van der Waals surface area contributed by atoms with E-state index in [0.717, 1.165) is 0 Å². The van der Waals surface area contributed by atoms with Crippen LogP contribution in [-0.2, 0) is 9.84 Å². The standard InChI is InChI=1S/C23H25N3O6S/c1-30-20-11-15(12-21(31-2)22(20)32-3)18-13-19(25-24-18)23(27)26-10-9-17(14-26)33(28,29)16-7-5-4-6-8-16/h4-8,11-13,17H,9-10,14H2,1-3H3,(H,24,25). The number of nitrogens with zero attached hydrogens (tertiary/aromatic N) is 2. The van der Waals surface area contributed by atoms with Gasteiger partial charge in [-0.1, -0.05) is 18.2 Å². The Labute approximate surface area is 192 Å². The topological polar surface area (TPSA) is 111 Å². The third-order valence-corrected chi connectivity index (χ3v) is 7.90. The van der Waals surface area contributed by atoms with Gasteiger partial charge in [0.05, 0.1) is 37.2 Å². The van der Waals surface area contributed by atoms with Crippen LogP contribution in [0.25, 0.3) is 11.3 Å². The predicted molar refractivity (Wildman–Crippen MR) is 122 cm³/mol. The molecule has 1 aliphatic rings. The number of methoxy groups -OCH3 is 3. The van der Waals surface area contributed by atoms with Gasteiger partial charge < -0.3 is 19.1 Å². The van der Waals surface area contributed by atoms with Crippen molar-refractivity contribution in [2.45, 2.75) is 16.6 Å². The van der Waals surface area contributed by atoms with E-state index in [4.69, 9.17) is 14.2 Å². The molecule has 3 aromatic rings. The van der Waals surface area contributed by atoms with Crippen molar-refractivity contribution in [2.75, 3.05) is 34.4 Å². The summed E-state index contributed by atoms with van der Waals surface area (Å²) < 4.78 is 41.9. The molecule has 1 N–H and O–H groups in total. The van der Waals surface area contributed by atoms with E-state index in [1.807, 2.05) is 0 Å². The minimum Gasteiger partial charge on any atom is -0.493 e. The smallest absolute Gasteiger partial charge is 0.271 e. The van der Waals surface area contributed by atoms with Crippen LogP contribution in [0.15, 0.2) is 53.4 Å². The molecule has 4 rings (SSSR count). The first-order valence-corrected chi connectivity index (χ1v) is 11.9. The first kappa shape index (κ1) is 22.7. The average Bonchev–Trinajstić information content (AvgIpc) is 3.54. The Morgan fingerprint density at radius 3 is 2.30 bits per heavy atom. The average molecular weight is 472 g/mol. The van der Waals surface area contributed by atoms with Gasteiger partial charge in [0.1, 0.15) is 5.69 Å². The summed E-state index contributed by atoms with van der Waals surface area (Å²) in [6, 6.07) is 13.4. The Bertz CT molecular complexity index is 1230. The van der Waals surface area contributed by atoms with Crippen molar-refractivity contribution in [1.29, 1.82) is 0 Å². The van der Waals surface area contributed by atoms with Crippen LogP contribution < -0.4 is 14.2 Å². The van der Waals surface area contributed by atoms with Crippen LogP contribution in [0.2, 0.25) is 0 Å². The van der Waals surface area contributed by atoms with Crippen molar-refractivity contribution >= 4 is 15.7 Å². The number of likely N-dealkylation sites (tertiary alicyclic amines) is 1. The molecule has 1 atom stereocenters. The van der Waals surface area contributed by atoms with Crippen molar-refractivity contribution in [3.05, 3.63) is 54.2 Å². The number of carbonyl (C=O) groups excluding carboxylic acids is 1. The number of hydrogen-bond donors (Lipinski definition) is 1. The third-order valence-electron chi connectivity index (χ3n) is 5.71. The van der Waals surface area contributed by atoms with Gasteiger partial charge in [0.25, 0.3) is 5.91 Å². The fourth-order valence-corrected chi connectivity index (χ4v) is 5.66. The van der Waals surface area contributed by atoms with Gasteiger partial charge in [-0.3, -0.25) is 9.89 Å². The number of benzene rings is 2. The van der Waals surface area contributed by atoms with Gasteiger partial charge in [-0.25, -0.2) is 8.42 Å². The second-order valence-electron chi connectivity index (χ2n) is 7.60. The summed E-state index contributed by atoms with van der Waals surface area (Å²) in [7, 11) is 1.06. The number of aromatic amines is 1. The zero-order valence-corrected chi connectivity index (χ0v) is 19.4. The summed E-state index contributed by atoms with van der Waals surface area (Å²) in [4.78, 5) is 14.9. The summed E-state index contributed by atoms with van der Waals surface area (Å²) in [6.07, 6.45) is 0.386. The van der Waals surface area contributed by atoms with E-state index in [9.17, 15) is 13.2 Å². The first-order valence-electron chi connectivity index (χ1n) is 10.3. The molecular formula is C23H25N3O6S. The van der Waals surface area contributed by atoms with E-state index >= 15 is 0 Å². The third kappa shape index (κ3) is 4.25. The Morgan fingerprint density at radius 1 is 1.03 bits per heavy atom. The van der Waals surface area contributed by atoms with Gasteiger partial charge in [-0.15, -0.1) is 0 Å². The number of carbonyl (C=O) groups is 1. The van der Waals surface area contributed by atoms with Crippen LogP contribution in [0.5, 0.6) is 17.2 Å². The molecule has 1 amide bonds. The maximum absolute atomic E-state index is 13.0. The Balaban J connectivity index is 1.54. The van der Waals surface area contributed by atoms with Crippen LogP contribution in [0.4, 0.5) is 0 Å². The lowest BCUT2D eigenvalue weighted by molar-refractivity contribution is 0.0787. The molecule has 1 fully saturated rings. The van der Waals surface area contributed by atoms with Gasteiger partial charge in [0.2, 0.25) is 5.75 Å². The summed E-state index contributed by atoms with van der Waals surface area (Å²) in [5, 5.41) is 6.39. The second-order valence-corrected chi connectivity index (χ2v) is 9.83. The zero-order chi connectivity index (χ0) is 23.6. The highest BCUT2D eigenvalue weighted by molar-refractivity contribution is 7.92. The molecule has 0 aliphatic carbocycles. The van der Waals surface area contributed by atoms with Gasteiger partial charge in [-0.05, 0) is 36.8 Å². The summed E-state index contributed by atoms with van der Waals surface area (Å²) in [5.74, 6) is 1.10. The number of H-pyrrole nitrogens is 1. The molecule has 0 bridgehead atoms. The molecular weight excluding hydrogens is 446 g/mol. The highest BCUT2D eigenvalue weighted by Crippen LogP contribution is 2.41. The molecule has 0 saturated carbocycles. The SMILES string of the molecule is COc1cc(-c2cc(C(=O)N3CCC(S(=O)(=O)c4ccccc4)C3)[nH]n2)cc(OC)c1OC. The number of hydrogen-bond acceptors (Lipinski definition) is 7. The number of amides is 1. The zero-order valence-electron chi connectivity index (χ0n) is 18.6. The molecule has 9 nitrogen and oxygen atoms in total. The van der Waals surface area contributed by atoms with E-state index in [0.29, 0.717) is 41.5 Å². The number of rotatable bonds is 7. The maximum Gasteiger partial charge on any atom is 0.271 e. The molecule has 10 heteroatoms. The van der Waals surface area contributed by atoms with Crippen LogP contribution in [0.1, 0.15) is 16.9 Å². The quantitative estimate of drug-likeness (QED) is 0.564. The largest absolute Gasteiger partial charge is 0.493 e. The Morgan fingerprint density at radius 2 is 1.70 bits per heavy atom. The van der Waals surface area contributed by atoms with Crippen molar-refractivity contribution in [1.82, 2.24) is 15.1 Å². The van der Waals surface area contributed by atoms with Crippen LogP contribution in [0.3, 0.4) is 0 Å². The Hall–Kier alpha value is -3.53. The van der Waals surface area contributed by atoms with Crippen LogP contribution in [-0.4, -0.2) is 69.1 Å². The molecule has 0 radical (unpaired) electrons. The highest BCUT2D eigenvalue weighted by atomic mass is 32.2. The highest BCUT2D eigenvalue weighted by Gasteiger charge is 2.36. The monoisotopic (exact) mass is 471 g/mol. The molecule has 1 aliphatic heterocycles. The second kappa shape index (κ2) is 9.14. The minimum atomic E-state index is -3.51. The van der Waals surface area contributed by atoms with Gasteiger partial charge in [-0.2, -0.15) is 5.10 Å². The predicted octanol–water partition coefficient (Wildman–Crippen LogP) is 2.79. The van der Waals surface area contributed by atoms with Gasteiger partial charge in [0, 0.05) is 18.7 Å². The lowest BCUT2D eigenvalue weighted by Crippen LogP contribution is -2.32. The first-order chi connectivity index (χ1) is 15.9. The fraction of sp³-hybridized carbons (Fsp3) is 0.304.